The van der Waals surface area contributed by atoms with Gasteiger partial charge < -0.3 is 14.4 Å². The molecule has 0 aliphatic carbocycles. The number of hydrogen-bond acceptors (Lipinski definition) is 5. The van der Waals surface area contributed by atoms with Crippen LogP contribution < -0.4 is 0 Å². The number of likely N-dealkylation sites (tertiary alicyclic amines) is 1. The molecule has 0 spiro atoms. The third-order valence-electron chi connectivity index (χ3n) is 6.80. The van der Waals surface area contributed by atoms with E-state index in [1.165, 1.54) is 4.90 Å². The first-order valence-corrected chi connectivity index (χ1v) is 11.9. The maximum atomic E-state index is 13.2. The molecule has 0 N–H and O–H groups in total. The van der Waals surface area contributed by atoms with E-state index < -0.39 is 43.0 Å². The average molecular weight is 506 g/mol. The Labute approximate surface area is 215 Å². The molecule has 0 unspecified atom stereocenters. The molecule has 1 aromatic rings. The highest BCUT2D eigenvalue weighted by Gasteiger charge is 2.41. The van der Waals surface area contributed by atoms with Gasteiger partial charge in [0.1, 0.15) is 5.60 Å². The molecule has 2 atom stereocenters. The summed E-state index contributed by atoms with van der Waals surface area (Å²) in [5.41, 5.74) is -2.03. The Kier molecular flexibility index (Phi) is 6.16. The Bertz CT molecular complexity index is 1070. The molecule has 6 nitrogen and oxygen atoms in total. The molecule has 9 heteroatoms. The number of rotatable bonds is 5. The molecule has 198 valence electrons. The van der Waals surface area contributed by atoms with Crippen molar-refractivity contribution in [3.05, 3.63) is 35.4 Å². The molecule has 0 aromatic heterocycles. The fourth-order valence-corrected chi connectivity index (χ4v) is 4.74. The average Bonchev–Trinajstić information content (AvgIpc) is 2.80. The summed E-state index contributed by atoms with van der Waals surface area (Å²) in [5, 5.41) is 0. The first-order valence-electron chi connectivity index (χ1n) is 14.9. The molecule has 2 saturated heterocycles. The summed E-state index contributed by atoms with van der Waals surface area (Å²) in [7, 11) is -3.19. The molecule has 0 radical (unpaired) electrons. The predicted molar refractivity (Wildman–Crippen MR) is 129 cm³/mol. The maximum absolute atomic E-state index is 13.2. The van der Waals surface area contributed by atoms with E-state index in [4.69, 9.17) is 16.3 Å². The molecular weight excluding hydrogens is 459 g/mol. The Morgan fingerprint density at radius 2 is 1.83 bits per heavy atom. The summed E-state index contributed by atoms with van der Waals surface area (Å²) < 4.78 is 98.8. The number of hydrogen-bond donors (Lipinski definition) is 0. The van der Waals surface area contributed by atoms with Crippen molar-refractivity contribution in [1.82, 2.24) is 14.7 Å². The second-order valence-electron chi connectivity index (χ2n) is 10.6. The minimum absolute atomic E-state index is 0.126. The highest BCUT2D eigenvalue weighted by Crippen LogP contribution is 2.35. The minimum Gasteiger partial charge on any atom is -0.444 e. The van der Waals surface area contributed by atoms with Gasteiger partial charge >= 0.3 is 12.3 Å². The fourth-order valence-electron chi connectivity index (χ4n) is 4.74. The van der Waals surface area contributed by atoms with Crippen LogP contribution in [0.25, 0.3) is 0 Å². The van der Waals surface area contributed by atoms with Gasteiger partial charge in [-0.1, -0.05) is 12.1 Å². The zero-order valence-corrected chi connectivity index (χ0v) is 21.0. The number of amides is 1. The van der Waals surface area contributed by atoms with E-state index in [0.29, 0.717) is 39.0 Å². The third-order valence-corrected chi connectivity index (χ3v) is 6.80. The van der Waals surface area contributed by atoms with E-state index >= 15 is 0 Å². The number of halogens is 3. The van der Waals surface area contributed by atoms with Crippen molar-refractivity contribution < 1.29 is 35.7 Å². The van der Waals surface area contributed by atoms with E-state index in [9.17, 15) is 19.3 Å². The van der Waals surface area contributed by atoms with Crippen molar-refractivity contribution in [2.24, 2.45) is 0 Å². The Hall–Kier alpha value is -1.84. The number of carbonyl (C=O) groups excluding carboxylic acids is 1. The van der Waals surface area contributed by atoms with Gasteiger partial charge in [0, 0.05) is 51.3 Å². The van der Waals surface area contributed by atoms with Crippen LogP contribution in [-0.4, -0.2) is 84.3 Å². The molecule has 1 amide bonds. The summed E-state index contributed by atoms with van der Waals surface area (Å²) in [6, 6.07) is 0.541. The van der Waals surface area contributed by atoms with Gasteiger partial charge in [-0.05, 0) is 65.2 Å². The summed E-state index contributed by atoms with van der Waals surface area (Å²) in [6.45, 7) is 8.04. The van der Waals surface area contributed by atoms with Crippen LogP contribution in [0.15, 0.2) is 24.3 Å². The lowest BCUT2D eigenvalue weighted by molar-refractivity contribution is -0.137. The Balaban J connectivity index is 1.84. The van der Waals surface area contributed by atoms with Crippen molar-refractivity contribution in [2.75, 3.05) is 46.3 Å². The minimum atomic E-state index is -4.63. The SMILES string of the molecule is [2H]C([2H])([2H])OC([2H])([2H])[C@@]([2H])(c1ccc(C(F)(F)F)cc1)N1CCN(C2(C)CCN(C(=O)OC(C)(C)C)CC2)C[C@@H]1C. The molecule has 0 bridgehead atoms. The summed E-state index contributed by atoms with van der Waals surface area (Å²) in [4.78, 5) is 17.9. The van der Waals surface area contributed by atoms with Crippen molar-refractivity contribution in [1.29, 1.82) is 0 Å². The number of ether oxygens (including phenoxy) is 2. The van der Waals surface area contributed by atoms with Crippen molar-refractivity contribution in [2.45, 2.75) is 76.8 Å². The smallest absolute Gasteiger partial charge is 0.416 e. The molecular formula is C26H40F3N3O3. The molecule has 35 heavy (non-hydrogen) atoms. The van der Waals surface area contributed by atoms with E-state index in [1.54, 1.807) is 11.8 Å². The number of piperidine rings is 1. The fraction of sp³-hybridized carbons (Fsp3) is 0.731. The zero-order valence-electron chi connectivity index (χ0n) is 27.0. The van der Waals surface area contributed by atoms with Gasteiger partial charge in [-0.2, -0.15) is 13.2 Å². The van der Waals surface area contributed by atoms with Gasteiger partial charge in [0.05, 0.1) is 26.4 Å². The largest absolute Gasteiger partial charge is 0.444 e. The van der Waals surface area contributed by atoms with Crippen LogP contribution in [0, 0.1) is 0 Å². The Morgan fingerprint density at radius 1 is 1.20 bits per heavy atom. The number of nitrogens with zero attached hydrogens (tertiary/aromatic N) is 3. The molecule has 3 rings (SSSR count). The van der Waals surface area contributed by atoms with Crippen molar-refractivity contribution in [3.8, 4) is 0 Å². The highest BCUT2D eigenvalue weighted by molar-refractivity contribution is 5.68. The number of carbonyl (C=O) groups is 1. The standard InChI is InChI=1S/C26H40F3N3O3/c1-19-17-31(25(5)11-13-30(14-12-25)23(33)35-24(2,3)4)15-16-32(19)22(18-34-6)20-7-9-21(10-8-20)26(27,28)29/h7-10,19,22H,11-18H2,1-6H3/t19-,22-/m0/s1/i6D3,18D2,22D. The second kappa shape index (κ2) is 10.6. The van der Waals surface area contributed by atoms with Crippen LogP contribution >= 0.6 is 0 Å². The quantitative estimate of drug-likeness (QED) is 0.551. The van der Waals surface area contributed by atoms with Gasteiger partial charge in [-0.3, -0.25) is 9.80 Å². The molecule has 0 saturated carbocycles. The van der Waals surface area contributed by atoms with E-state index in [1.807, 2.05) is 20.8 Å². The topological polar surface area (TPSA) is 45.2 Å². The molecule has 2 aliphatic rings. The third kappa shape index (κ3) is 6.89. The summed E-state index contributed by atoms with van der Waals surface area (Å²) in [5.74, 6) is 0. The molecule has 2 aliphatic heterocycles. The lowest BCUT2D eigenvalue weighted by Gasteiger charge is -2.52. The maximum Gasteiger partial charge on any atom is 0.416 e. The summed E-state index contributed by atoms with van der Waals surface area (Å²) in [6.07, 6.45) is -3.69. The van der Waals surface area contributed by atoms with E-state index in [0.717, 1.165) is 24.3 Å². The van der Waals surface area contributed by atoms with Crippen LogP contribution in [0.2, 0.25) is 0 Å². The lowest BCUT2D eigenvalue weighted by atomic mass is 9.86. The van der Waals surface area contributed by atoms with E-state index in [2.05, 4.69) is 11.8 Å². The van der Waals surface area contributed by atoms with Gasteiger partial charge in [0.2, 0.25) is 0 Å². The van der Waals surface area contributed by atoms with Crippen molar-refractivity contribution in [3.63, 3.8) is 0 Å². The monoisotopic (exact) mass is 505 g/mol. The molecule has 2 heterocycles. The number of methoxy groups -OCH3 is 1. The van der Waals surface area contributed by atoms with Crippen molar-refractivity contribution >= 4 is 6.09 Å². The first-order chi connectivity index (χ1) is 18.5. The number of alkyl halides is 3. The highest BCUT2D eigenvalue weighted by atomic mass is 19.4. The Morgan fingerprint density at radius 3 is 2.34 bits per heavy atom. The van der Waals surface area contributed by atoms with Crippen LogP contribution in [0.1, 0.15) is 72.8 Å². The van der Waals surface area contributed by atoms with Crippen LogP contribution in [0.3, 0.4) is 0 Å². The number of piperazine rings is 1. The van der Waals surface area contributed by atoms with Crippen LogP contribution in [0.4, 0.5) is 18.0 Å². The summed E-state index contributed by atoms with van der Waals surface area (Å²) >= 11 is 0. The zero-order chi connectivity index (χ0) is 31.2. The number of benzene rings is 1. The second-order valence-corrected chi connectivity index (χ2v) is 10.6. The molecule has 2 fully saturated rings. The van der Waals surface area contributed by atoms with Crippen LogP contribution in [-0.2, 0) is 15.7 Å². The van der Waals surface area contributed by atoms with Gasteiger partial charge in [-0.15, -0.1) is 0 Å². The van der Waals surface area contributed by atoms with E-state index in [-0.39, 0.29) is 23.7 Å². The lowest BCUT2D eigenvalue weighted by Crippen LogP contribution is -2.62. The van der Waals surface area contributed by atoms with Gasteiger partial charge in [0.15, 0.2) is 0 Å². The predicted octanol–water partition coefficient (Wildman–Crippen LogP) is 5.19. The normalized spacial score (nSPS) is 27.4. The van der Waals surface area contributed by atoms with Gasteiger partial charge in [0.25, 0.3) is 0 Å². The molecule has 1 aromatic carbocycles. The van der Waals surface area contributed by atoms with Crippen LogP contribution in [0.5, 0.6) is 0 Å². The first kappa shape index (κ1) is 20.2. The van der Waals surface area contributed by atoms with Gasteiger partial charge in [-0.25, -0.2) is 4.79 Å².